The second-order valence-electron chi connectivity index (χ2n) is 4.58. The summed E-state index contributed by atoms with van der Waals surface area (Å²) in [5, 5.41) is 0. The van der Waals surface area contributed by atoms with E-state index in [0.29, 0.717) is 5.92 Å². The maximum atomic E-state index is 5.41. The fraction of sp³-hybridized carbons (Fsp3) is 0.467. The van der Waals surface area contributed by atoms with Crippen molar-refractivity contribution in [3.05, 3.63) is 34.9 Å². The molecule has 0 bridgehead atoms. The van der Waals surface area contributed by atoms with Gasteiger partial charge >= 0.3 is 0 Å². The number of fused-ring (bicyclic) bond motifs is 1. The van der Waals surface area contributed by atoms with Gasteiger partial charge in [-0.1, -0.05) is 25.1 Å². The van der Waals surface area contributed by atoms with Gasteiger partial charge in [-0.2, -0.15) is 0 Å². The van der Waals surface area contributed by atoms with E-state index in [-0.39, 0.29) is 0 Å². The Kier molecular flexibility index (Phi) is 3.11. The van der Waals surface area contributed by atoms with Crippen molar-refractivity contribution in [2.24, 2.45) is 5.92 Å². The SMILES string of the molecule is C#CC(C)Cc1ccc2c(c1)CCCC2. The molecule has 0 aliphatic heterocycles. The number of terminal acetylenes is 1. The Morgan fingerprint density at radius 2 is 2.00 bits per heavy atom. The van der Waals surface area contributed by atoms with Crippen LogP contribution in [0.3, 0.4) is 0 Å². The molecule has 1 aliphatic carbocycles. The first-order valence-electron chi connectivity index (χ1n) is 5.86. The monoisotopic (exact) mass is 198 g/mol. The zero-order valence-electron chi connectivity index (χ0n) is 9.42. The molecule has 0 heteroatoms. The highest BCUT2D eigenvalue weighted by atomic mass is 14.1. The average Bonchev–Trinajstić information content (AvgIpc) is 2.29. The van der Waals surface area contributed by atoms with Crippen molar-refractivity contribution in [1.29, 1.82) is 0 Å². The predicted molar refractivity (Wildman–Crippen MR) is 64.8 cm³/mol. The van der Waals surface area contributed by atoms with Gasteiger partial charge in [-0.15, -0.1) is 12.3 Å². The number of rotatable bonds is 2. The van der Waals surface area contributed by atoms with Crippen molar-refractivity contribution in [3.63, 3.8) is 0 Å². The van der Waals surface area contributed by atoms with Crippen LogP contribution in [-0.4, -0.2) is 0 Å². The van der Waals surface area contributed by atoms with Gasteiger partial charge < -0.3 is 0 Å². The molecular weight excluding hydrogens is 180 g/mol. The molecule has 1 aromatic rings. The van der Waals surface area contributed by atoms with Gasteiger partial charge in [-0.3, -0.25) is 0 Å². The van der Waals surface area contributed by atoms with E-state index in [4.69, 9.17) is 6.42 Å². The molecule has 0 fully saturated rings. The van der Waals surface area contributed by atoms with Gasteiger partial charge in [-0.05, 0) is 48.8 Å². The van der Waals surface area contributed by atoms with E-state index < -0.39 is 0 Å². The standard InChI is InChI=1S/C15H18/c1-3-12(2)10-13-8-9-14-6-4-5-7-15(14)11-13/h1,8-9,11-12H,4-7,10H2,2H3. The lowest BCUT2D eigenvalue weighted by Gasteiger charge is -2.17. The molecular formula is C15H18. The van der Waals surface area contributed by atoms with Gasteiger partial charge in [0.2, 0.25) is 0 Å². The Hall–Kier alpha value is -1.22. The Bertz CT molecular complexity index is 382. The molecule has 0 saturated carbocycles. The Morgan fingerprint density at radius 3 is 2.73 bits per heavy atom. The van der Waals surface area contributed by atoms with Gasteiger partial charge in [0.15, 0.2) is 0 Å². The van der Waals surface area contributed by atoms with Gasteiger partial charge in [0, 0.05) is 5.92 Å². The fourth-order valence-electron chi connectivity index (χ4n) is 2.33. The highest BCUT2D eigenvalue weighted by molar-refractivity contribution is 5.34. The van der Waals surface area contributed by atoms with Crippen LogP contribution < -0.4 is 0 Å². The topological polar surface area (TPSA) is 0 Å². The summed E-state index contributed by atoms with van der Waals surface area (Å²) in [6, 6.07) is 6.91. The largest absolute Gasteiger partial charge is 0.120 e. The van der Waals surface area contributed by atoms with Crippen molar-refractivity contribution < 1.29 is 0 Å². The second-order valence-corrected chi connectivity index (χ2v) is 4.58. The molecule has 0 nitrogen and oxygen atoms in total. The molecule has 1 aliphatic rings. The van der Waals surface area contributed by atoms with Crippen LogP contribution >= 0.6 is 0 Å². The summed E-state index contributed by atoms with van der Waals surface area (Å²) in [4.78, 5) is 0. The van der Waals surface area contributed by atoms with Gasteiger partial charge in [-0.25, -0.2) is 0 Å². The fourth-order valence-corrected chi connectivity index (χ4v) is 2.33. The average molecular weight is 198 g/mol. The predicted octanol–water partition coefficient (Wildman–Crippen LogP) is 3.38. The Balaban J connectivity index is 2.18. The van der Waals surface area contributed by atoms with E-state index in [0.717, 1.165) is 6.42 Å². The minimum atomic E-state index is 0.353. The van der Waals surface area contributed by atoms with Crippen molar-refractivity contribution in [3.8, 4) is 12.3 Å². The van der Waals surface area contributed by atoms with E-state index in [2.05, 4.69) is 31.0 Å². The van der Waals surface area contributed by atoms with Crippen LogP contribution in [0.4, 0.5) is 0 Å². The molecule has 0 aromatic heterocycles. The summed E-state index contributed by atoms with van der Waals surface area (Å²) in [5.41, 5.74) is 4.52. The summed E-state index contributed by atoms with van der Waals surface area (Å²) in [5.74, 6) is 3.15. The third kappa shape index (κ3) is 2.42. The lowest BCUT2D eigenvalue weighted by Crippen LogP contribution is -2.04. The van der Waals surface area contributed by atoms with Crippen LogP contribution in [0.1, 0.15) is 36.5 Å². The quantitative estimate of drug-likeness (QED) is 0.639. The number of hydrogen-bond donors (Lipinski definition) is 0. The number of aryl methyl sites for hydroxylation is 2. The van der Waals surface area contributed by atoms with E-state index >= 15 is 0 Å². The summed E-state index contributed by atoms with van der Waals surface area (Å²) in [6.07, 6.45) is 11.6. The molecule has 1 aromatic carbocycles. The van der Waals surface area contributed by atoms with Crippen LogP contribution in [0.25, 0.3) is 0 Å². The minimum Gasteiger partial charge on any atom is -0.120 e. The molecule has 0 saturated heterocycles. The molecule has 0 N–H and O–H groups in total. The Morgan fingerprint density at radius 1 is 1.27 bits per heavy atom. The smallest absolute Gasteiger partial charge is 0.0212 e. The molecule has 0 spiro atoms. The summed E-state index contributed by atoms with van der Waals surface area (Å²) >= 11 is 0. The lowest BCUT2D eigenvalue weighted by atomic mass is 9.89. The zero-order valence-corrected chi connectivity index (χ0v) is 9.42. The third-order valence-corrected chi connectivity index (χ3v) is 3.24. The van der Waals surface area contributed by atoms with Gasteiger partial charge in [0.25, 0.3) is 0 Å². The molecule has 0 heterocycles. The first kappa shape index (κ1) is 10.3. The van der Waals surface area contributed by atoms with Crippen LogP contribution in [0.2, 0.25) is 0 Å². The van der Waals surface area contributed by atoms with E-state index in [1.165, 1.54) is 31.2 Å². The highest BCUT2D eigenvalue weighted by Gasteiger charge is 2.09. The first-order valence-corrected chi connectivity index (χ1v) is 5.86. The second kappa shape index (κ2) is 4.53. The van der Waals surface area contributed by atoms with Crippen molar-refractivity contribution in [2.75, 3.05) is 0 Å². The summed E-state index contributed by atoms with van der Waals surface area (Å²) in [7, 11) is 0. The van der Waals surface area contributed by atoms with Crippen LogP contribution in [0.5, 0.6) is 0 Å². The van der Waals surface area contributed by atoms with E-state index in [9.17, 15) is 0 Å². The summed E-state index contributed by atoms with van der Waals surface area (Å²) < 4.78 is 0. The van der Waals surface area contributed by atoms with Crippen molar-refractivity contribution in [2.45, 2.75) is 39.0 Å². The van der Waals surface area contributed by atoms with Gasteiger partial charge in [0.1, 0.15) is 0 Å². The minimum absolute atomic E-state index is 0.353. The van der Waals surface area contributed by atoms with Gasteiger partial charge in [0.05, 0.1) is 0 Å². The molecule has 0 radical (unpaired) electrons. The van der Waals surface area contributed by atoms with Crippen LogP contribution in [0.15, 0.2) is 18.2 Å². The molecule has 1 atom stereocenters. The molecule has 1 unspecified atom stereocenters. The normalized spacial score (nSPS) is 16.5. The molecule has 0 amide bonds. The maximum absolute atomic E-state index is 5.41. The van der Waals surface area contributed by atoms with Crippen molar-refractivity contribution >= 4 is 0 Å². The molecule has 78 valence electrons. The zero-order chi connectivity index (χ0) is 10.7. The van der Waals surface area contributed by atoms with Crippen LogP contribution in [-0.2, 0) is 19.3 Å². The summed E-state index contributed by atoms with van der Waals surface area (Å²) in [6.45, 7) is 2.11. The molecule has 15 heavy (non-hydrogen) atoms. The van der Waals surface area contributed by atoms with E-state index in [1.807, 2.05) is 0 Å². The number of hydrogen-bond acceptors (Lipinski definition) is 0. The lowest BCUT2D eigenvalue weighted by molar-refractivity contribution is 0.680. The van der Waals surface area contributed by atoms with Crippen LogP contribution in [0, 0.1) is 18.3 Å². The van der Waals surface area contributed by atoms with E-state index in [1.54, 1.807) is 11.1 Å². The third-order valence-electron chi connectivity index (χ3n) is 3.24. The Labute approximate surface area is 92.7 Å². The van der Waals surface area contributed by atoms with Crippen molar-refractivity contribution in [1.82, 2.24) is 0 Å². The first-order chi connectivity index (χ1) is 7.29. The molecule has 2 rings (SSSR count). The number of benzene rings is 1. The highest BCUT2D eigenvalue weighted by Crippen LogP contribution is 2.23. The maximum Gasteiger partial charge on any atom is 0.0212 e.